The van der Waals surface area contributed by atoms with Gasteiger partial charge in [0.2, 0.25) is 0 Å². The molecule has 0 saturated carbocycles. The van der Waals surface area contributed by atoms with Crippen LogP contribution < -0.4 is 15.8 Å². The van der Waals surface area contributed by atoms with Gasteiger partial charge in [-0.3, -0.25) is 4.79 Å². The zero-order chi connectivity index (χ0) is 13.2. The summed E-state index contributed by atoms with van der Waals surface area (Å²) in [7, 11) is 0. The quantitative estimate of drug-likeness (QED) is 0.440. The Balaban J connectivity index is 2.18. The number of nitrogens with one attached hydrogen (secondary N) is 1. The Bertz CT molecular complexity index is 429. The smallest absolute Gasteiger partial charge is 0.257 e. The lowest BCUT2D eigenvalue weighted by Crippen LogP contribution is -2.30. The third kappa shape index (κ3) is 5.51. The Morgan fingerprint density at radius 3 is 3.00 bits per heavy atom. The first-order chi connectivity index (χ1) is 8.74. The molecule has 5 heteroatoms. The second-order valence-electron chi connectivity index (χ2n) is 3.43. The summed E-state index contributed by atoms with van der Waals surface area (Å²) >= 11 is 1.60. The fourth-order valence-electron chi connectivity index (χ4n) is 1.20. The number of nitrogen functional groups attached to an aromatic ring is 1. The summed E-state index contributed by atoms with van der Waals surface area (Å²) in [5.74, 6) is 4.33. The largest absolute Gasteiger partial charge is 0.482 e. The summed E-state index contributed by atoms with van der Waals surface area (Å²) in [6.45, 7) is 0.548. The number of rotatable bonds is 7. The highest BCUT2D eigenvalue weighted by Crippen LogP contribution is 2.19. The lowest BCUT2D eigenvalue weighted by molar-refractivity contribution is -0.122. The van der Waals surface area contributed by atoms with E-state index in [2.05, 4.69) is 11.2 Å². The molecule has 0 aliphatic heterocycles. The summed E-state index contributed by atoms with van der Waals surface area (Å²) < 4.78 is 5.30. The number of para-hydroxylation sites is 2. The zero-order valence-corrected chi connectivity index (χ0v) is 10.8. The van der Waals surface area contributed by atoms with Gasteiger partial charge in [0, 0.05) is 12.3 Å². The number of terminal acetylenes is 1. The van der Waals surface area contributed by atoms with Gasteiger partial charge in [-0.15, -0.1) is 18.2 Å². The van der Waals surface area contributed by atoms with E-state index in [0.29, 0.717) is 23.7 Å². The van der Waals surface area contributed by atoms with E-state index < -0.39 is 0 Å². The van der Waals surface area contributed by atoms with Gasteiger partial charge in [-0.2, -0.15) is 0 Å². The van der Waals surface area contributed by atoms with Gasteiger partial charge in [0.25, 0.3) is 5.91 Å². The van der Waals surface area contributed by atoms with E-state index in [0.717, 1.165) is 5.75 Å². The van der Waals surface area contributed by atoms with Crippen LogP contribution in [0.5, 0.6) is 5.75 Å². The minimum atomic E-state index is -0.167. The highest BCUT2D eigenvalue weighted by molar-refractivity contribution is 7.99. The Labute approximate surface area is 111 Å². The van der Waals surface area contributed by atoms with Crippen molar-refractivity contribution in [3.05, 3.63) is 24.3 Å². The molecule has 4 nitrogen and oxygen atoms in total. The van der Waals surface area contributed by atoms with E-state index in [1.807, 2.05) is 6.07 Å². The molecule has 0 bridgehead atoms. The highest BCUT2D eigenvalue weighted by Gasteiger charge is 2.03. The van der Waals surface area contributed by atoms with Gasteiger partial charge >= 0.3 is 0 Å². The number of amides is 1. The monoisotopic (exact) mass is 264 g/mol. The summed E-state index contributed by atoms with van der Waals surface area (Å²) in [5, 5.41) is 2.74. The SMILES string of the molecule is C#CCSCCNC(=O)COc1ccccc1N. The molecule has 96 valence electrons. The number of hydrogen-bond donors (Lipinski definition) is 2. The first-order valence-electron chi connectivity index (χ1n) is 5.49. The summed E-state index contributed by atoms with van der Waals surface area (Å²) in [6.07, 6.45) is 5.11. The van der Waals surface area contributed by atoms with Crippen LogP contribution >= 0.6 is 11.8 Å². The molecule has 18 heavy (non-hydrogen) atoms. The van der Waals surface area contributed by atoms with Crippen molar-refractivity contribution in [3.8, 4) is 18.1 Å². The van der Waals surface area contributed by atoms with Crippen molar-refractivity contribution in [2.45, 2.75) is 0 Å². The maximum absolute atomic E-state index is 11.4. The van der Waals surface area contributed by atoms with Gasteiger partial charge in [0.1, 0.15) is 5.75 Å². The van der Waals surface area contributed by atoms with Gasteiger partial charge < -0.3 is 15.8 Å². The molecule has 0 spiro atoms. The fourth-order valence-corrected chi connectivity index (χ4v) is 1.71. The number of nitrogens with two attached hydrogens (primary N) is 1. The predicted molar refractivity (Wildman–Crippen MR) is 75.5 cm³/mol. The van der Waals surface area contributed by atoms with E-state index in [1.165, 1.54) is 0 Å². The van der Waals surface area contributed by atoms with E-state index in [4.69, 9.17) is 16.9 Å². The van der Waals surface area contributed by atoms with Gasteiger partial charge in [0.05, 0.1) is 11.4 Å². The van der Waals surface area contributed by atoms with Crippen molar-refractivity contribution < 1.29 is 9.53 Å². The van der Waals surface area contributed by atoms with Crippen molar-refractivity contribution in [2.75, 3.05) is 30.4 Å². The van der Waals surface area contributed by atoms with Crippen LogP contribution in [0.15, 0.2) is 24.3 Å². The second-order valence-corrected chi connectivity index (χ2v) is 4.54. The van der Waals surface area contributed by atoms with E-state index in [1.54, 1.807) is 30.0 Å². The standard InChI is InChI=1S/C13H16N2O2S/c1-2-8-18-9-7-15-13(16)10-17-12-6-4-3-5-11(12)14/h1,3-6H,7-10,14H2,(H,15,16). The minimum Gasteiger partial charge on any atom is -0.482 e. The van der Waals surface area contributed by atoms with Crippen molar-refractivity contribution in [3.63, 3.8) is 0 Å². The van der Waals surface area contributed by atoms with Gasteiger partial charge in [-0.05, 0) is 12.1 Å². The summed E-state index contributed by atoms with van der Waals surface area (Å²) in [4.78, 5) is 11.4. The molecule has 0 fully saturated rings. The molecule has 0 radical (unpaired) electrons. The van der Waals surface area contributed by atoms with Crippen LogP contribution in [0.2, 0.25) is 0 Å². The fraction of sp³-hybridized carbons (Fsp3) is 0.308. The molecule has 1 aromatic rings. The molecular formula is C13H16N2O2S. The minimum absolute atomic E-state index is 0.0337. The third-order valence-electron chi connectivity index (χ3n) is 2.03. The topological polar surface area (TPSA) is 64.3 Å². The van der Waals surface area contributed by atoms with Crippen molar-refractivity contribution >= 4 is 23.4 Å². The van der Waals surface area contributed by atoms with Crippen LogP contribution in [0, 0.1) is 12.3 Å². The Kier molecular flexibility index (Phi) is 6.59. The normalized spacial score (nSPS) is 9.50. The maximum atomic E-state index is 11.4. The second kappa shape index (κ2) is 8.31. The van der Waals surface area contributed by atoms with E-state index in [9.17, 15) is 4.79 Å². The van der Waals surface area contributed by atoms with Crippen molar-refractivity contribution in [2.24, 2.45) is 0 Å². The molecule has 0 heterocycles. The number of carbonyl (C=O) groups excluding carboxylic acids is 1. The molecule has 1 rings (SSSR count). The Morgan fingerprint density at radius 1 is 1.50 bits per heavy atom. The molecule has 1 amide bonds. The average molecular weight is 264 g/mol. The Hall–Kier alpha value is -1.80. The summed E-state index contributed by atoms with van der Waals surface area (Å²) in [6, 6.07) is 7.07. The highest BCUT2D eigenvalue weighted by atomic mass is 32.2. The molecule has 0 unspecified atom stereocenters. The lowest BCUT2D eigenvalue weighted by atomic mass is 10.3. The van der Waals surface area contributed by atoms with Gasteiger partial charge in [-0.1, -0.05) is 18.1 Å². The molecule has 1 aromatic carbocycles. The number of anilines is 1. The summed E-state index contributed by atoms with van der Waals surface area (Å²) in [5.41, 5.74) is 6.21. The molecule has 0 aromatic heterocycles. The lowest BCUT2D eigenvalue weighted by Gasteiger charge is -2.08. The van der Waals surface area contributed by atoms with Crippen LogP contribution in [0.4, 0.5) is 5.69 Å². The third-order valence-corrected chi connectivity index (χ3v) is 2.90. The van der Waals surface area contributed by atoms with Crippen molar-refractivity contribution in [1.82, 2.24) is 5.32 Å². The van der Waals surface area contributed by atoms with Crippen LogP contribution in [-0.2, 0) is 4.79 Å². The first kappa shape index (κ1) is 14.3. The average Bonchev–Trinajstić information content (AvgIpc) is 2.37. The van der Waals surface area contributed by atoms with E-state index in [-0.39, 0.29) is 12.5 Å². The molecule has 0 aliphatic rings. The number of thioether (sulfide) groups is 1. The first-order valence-corrected chi connectivity index (χ1v) is 6.64. The number of hydrogen-bond acceptors (Lipinski definition) is 4. The van der Waals surface area contributed by atoms with Crippen LogP contribution in [0.1, 0.15) is 0 Å². The molecule has 0 saturated heterocycles. The molecule has 3 N–H and O–H groups in total. The molecule has 0 atom stereocenters. The number of ether oxygens (including phenoxy) is 1. The van der Waals surface area contributed by atoms with Crippen molar-refractivity contribution in [1.29, 1.82) is 0 Å². The molecule has 0 aliphatic carbocycles. The van der Waals surface area contributed by atoms with Gasteiger partial charge in [-0.25, -0.2) is 0 Å². The van der Waals surface area contributed by atoms with E-state index >= 15 is 0 Å². The van der Waals surface area contributed by atoms with Gasteiger partial charge in [0.15, 0.2) is 6.61 Å². The zero-order valence-electron chi connectivity index (χ0n) is 10.0. The maximum Gasteiger partial charge on any atom is 0.257 e. The van der Waals surface area contributed by atoms with Crippen LogP contribution in [-0.4, -0.2) is 30.6 Å². The Morgan fingerprint density at radius 2 is 2.28 bits per heavy atom. The van der Waals surface area contributed by atoms with Crippen LogP contribution in [0.3, 0.4) is 0 Å². The molecular weight excluding hydrogens is 248 g/mol. The number of carbonyl (C=O) groups is 1. The number of benzene rings is 1. The van der Waals surface area contributed by atoms with Crippen LogP contribution in [0.25, 0.3) is 0 Å². The predicted octanol–water partition coefficient (Wildman–Crippen LogP) is 1.13.